The van der Waals surface area contributed by atoms with Crippen molar-refractivity contribution in [2.75, 3.05) is 6.26 Å². The van der Waals surface area contributed by atoms with Crippen molar-refractivity contribution in [1.82, 2.24) is 5.43 Å². The topological polar surface area (TPSA) is 72.2 Å². The third kappa shape index (κ3) is 3.45. The van der Waals surface area contributed by atoms with Gasteiger partial charge in [-0.1, -0.05) is 23.7 Å². The number of hydrogen-bond donors (Lipinski definition) is 2. The van der Waals surface area contributed by atoms with E-state index < -0.39 is 14.6 Å². The normalized spacial score (nSPS) is 14.5. The van der Waals surface area contributed by atoms with Crippen LogP contribution in [0.25, 0.3) is 0 Å². The molecule has 1 atom stereocenters. The molecule has 0 radical (unpaired) electrons. The van der Waals surface area contributed by atoms with E-state index in [4.69, 9.17) is 17.4 Å². The van der Waals surface area contributed by atoms with Gasteiger partial charge >= 0.3 is 0 Å². The smallest absolute Gasteiger partial charge is 0.154 e. The first kappa shape index (κ1) is 15.4. The van der Waals surface area contributed by atoms with Crippen LogP contribution in [0.1, 0.15) is 19.4 Å². The lowest BCUT2D eigenvalue weighted by Crippen LogP contribution is -2.55. The fraction of sp³-hybridized carbons (Fsp3) is 0.500. The minimum absolute atomic E-state index is 0.367. The molecular weight excluding hydrogens is 272 g/mol. The van der Waals surface area contributed by atoms with E-state index >= 15 is 0 Å². The van der Waals surface area contributed by atoms with Crippen molar-refractivity contribution >= 4 is 21.4 Å². The van der Waals surface area contributed by atoms with Crippen molar-refractivity contribution in [2.45, 2.75) is 31.1 Å². The predicted octanol–water partition coefficient (Wildman–Crippen LogP) is 1.54. The highest BCUT2D eigenvalue weighted by molar-refractivity contribution is 7.92. The second-order valence-electron chi connectivity index (χ2n) is 4.93. The van der Waals surface area contributed by atoms with Crippen LogP contribution < -0.4 is 11.3 Å². The molecule has 0 bridgehead atoms. The highest BCUT2D eigenvalue weighted by Crippen LogP contribution is 2.23. The molecule has 4 nitrogen and oxygen atoms in total. The molecule has 0 aliphatic carbocycles. The molecule has 0 saturated carbocycles. The maximum atomic E-state index is 11.8. The second-order valence-corrected chi connectivity index (χ2v) is 7.96. The molecule has 0 heterocycles. The molecule has 1 unspecified atom stereocenters. The Morgan fingerprint density at radius 1 is 1.33 bits per heavy atom. The summed E-state index contributed by atoms with van der Waals surface area (Å²) in [4.78, 5) is 0. The van der Waals surface area contributed by atoms with Crippen LogP contribution in [0.4, 0.5) is 0 Å². The maximum absolute atomic E-state index is 11.8. The fourth-order valence-electron chi connectivity index (χ4n) is 1.62. The Morgan fingerprint density at radius 3 is 2.22 bits per heavy atom. The first-order chi connectivity index (χ1) is 8.18. The molecular formula is C12H19ClN2O2S. The van der Waals surface area contributed by atoms with Crippen LogP contribution in [0.2, 0.25) is 5.02 Å². The number of hydrazine groups is 1. The van der Waals surface area contributed by atoms with Crippen LogP contribution in [-0.2, 0) is 16.3 Å². The highest BCUT2D eigenvalue weighted by atomic mass is 35.5. The van der Waals surface area contributed by atoms with Gasteiger partial charge in [0.2, 0.25) is 0 Å². The number of hydrogen-bond acceptors (Lipinski definition) is 4. The van der Waals surface area contributed by atoms with Gasteiger partial charge in [-0.15, -0.1) is 0 Å². The predicted molar refractivity (Wildman–Crippen MR) is 75.2 cm³/mol. The standard InChI is InChI=1S/C12H19ClN2O2S/c1-12(2,18(3,16)17)11(15-14)8-9-4-6-10(13)7-5-9/h4-7,11,15H,8,14H2,1-3H3. The third-order valence-corrected chi connectivity index (χ3v) is 5.80. The van der Waals surface area contributed by atoms with E-state index in [2.05, 4.69) is 5.43 Å². The summed E-state index contributed by atoms with van der Waals surface area (Å²) in [5.41, 5.74) is 3.59. The van der Waals surface area contributed by atoms with Gasteiger partial charge in [0.15, 0.2) is 9.84 Å². The van der Waals surface area contributed by atoms with E-state index in [0.29, 0.717) is 11.4 Å². The summed E-state index contributed by atoms with van der Waals surface area (Å²) < 4.78 is 22.6. The average molecular weight is 291 g/mol. The highest BCUT2D eigenvalue weighted by Gasteiger charge is 2.38. The number of halogens is 1. The van der Waals surface area contributed by atoms with Gasteiger partial charge in [-0.25, -0.2) is 8.42 Å². The molecule has 0 fully saturated rings. The molecule has 102 valence electrons. The Balaban J connectivity index is 2.95. The van der Waals surface area contributed by atoms with Gasteiger partial charge < -0.3 is 0 Å². The number of sulfone groups is 1. The number of nitrogens with two attached hydrogens (primary N) is 1. The van der Waals surface area contributed by atoms with Crippen molar-refractivity contribution in [3.8, 4) is 0 Å². The Morgan fingerprint density at radius 2 is 1.83 bits per heavy atom. The average Bonchev–Trinajstić information content (AvgIpc) is 2.26. The fourth-order valence-corrected chi connectivity index (χ4v) is 2.41. The zero-order valence-electron chi connectivity index (χ0n) is 10.8. The van der Waals surface area contributed by atoms with E-state index in [0.717, 1.165) is 5.56 Å². The van der Waals surface area contributed by atoms with Gasteiger partial charge in [0, 0.05) is 17.3 Å². The molecule has 3 N–H and O–H groups in total. The lowest BCUT2D eigenvalue weighted by Gasteiger charge is -2.32. The molecule has 0 aliphatic rings. The van der Waals surface area contributed by atoms with Gasteiger partial charge in [0.25, 0.3) is 0 Å². The molecule has 0 aliphatic heterocycles. The molecule has 0 saturated heterocycles. The van der Waals surface area contributed by atoms with Gasteiger partial charge in [-0.3, -0.25) is 11.3 Å². The zero-order valence-corrected chi connectivity index (χ0v) is 12.3. The van der Waals surface area contributed by atoms with E-state index in [1.807, 2.05) is 12.1 Å². The van der Waals surface area contributed by atoms with Crippen LogP contribution >= 0.6 is 11.6 Å². The Hall–Kier alpha value is -0.620. The first-order valence-corrected chi connectivity index (χ1v) is 7.85. The van der Waals surface area contributed by atoms with Gasteiger partial charge in [0.05, 0.1) is 4.75 Å². The zero-order chi connectivity index (χ0) is 14.0. The van der Waals surface area contributed by atoms with E-state index in [1.54, 1.807) is 26.0 Å². The molecule has 1 aromatic rings. The Labute approximate surface area is 113 Å². The summed E-state index contributed by atoms with van der Waals surface area (Å²) in [6.45, 7) is 3.34. The van der Waals surface area contributed by atoms with Crippen molar-refractivity contribution in [1.29, 1.82) is 0 Å². The number of rotatable bonds is 5. The van der Waals surface area contributed by atoms with Gasteiger partial charge in [0.1, 0.15) is 0 Å². The molecule has 0 spiro atoms. The van der Waals surface area contributed by atoms with Crippen LogP contribution in [-0.4, -0.2) is 25.5 Å². The summed E-state index contributed by atoms with van der Waals surface area (Å²) in [5.74, 6) is 5.49. The van der Waals surface area contributed by atoms with Gasteiger partial charge in [-0.2, -0.15) is 0 Å². The summed E-state index contributed by atoms with van der Waals surface area (Å²) in [6.07, 6.45) is 1.74. The monoisotopic (exact) mass is 290 g/mol. The second kappa shape index (κ2) is 5.57. The van der Waals surface area contributed by atoms with Crippen molar-refractivity contribution in [3.63, 3.8) is 0 Å². The number of nitrogens with one attached hydrogen (secondary N) is 1. The summed E-state index contributed by atoms with van der Waals surface area (Å²) in [6, 6.07) is 6.92. The van der Waals surface area contributed by atoms with Crippen LogP contribution in [0.15, 0.2) is 24.3 Å². The first-order valence-electron chi connectivity index (χ1n) is 5.58. The molecule has 1 rings (SSSR count). The minimum Gasteiger partial charge on any atom is -0.271 e. The van der Waals surface area contributed by atoms with Crippen LogP contribution in [0.3, 0.4) is 0 Å². The molecule has 1 aromatic carbocycles. The van der Waals surface area contributed by atoms with Gasteiger partial charge in [-0.05, 0) is 38.0 Å². The Kier molecular flexibility index (Phi) is 4.78. The van der Waals surface area contributed by atoms with Crippen LogP contribution in [0, 0.1) is 0 Å². The SMILES string of the molecule is CC(C)(C(Cc1ccc(Cl)cc1)NN)S(C)(=O)=O. The van der Waals surface area contributed by atoms with E-state index in [-0.39, 0.29) is 6.04 Å². The lowest BCUT2D eigenvalue weighted by atomic mass is 9.96. The third-order valence-electron chi connectivity index (χ3n) is 3.35. The van der Waals surface area contributed by atoms with Crippen molar-refractivity contribution in [3.05, 3.63) is 34.9 Å². The summed E-state index contributed by atoms with van der Waals surface area (Å²) >= 11 is 5.81. The quantitative estimate of drug-likeness (QED) is 0.637. The summed E-state index contributed by atoms with van der Waals surface area (Å²) in [5, 5.41) is 0.651. The molecule has 18 heavy (non-hydrogen) atoms. The molecule has 0 amide bonds. The summed E-state index contributed by atoms with van der Waals surface area (Å²) in [7, 11) is -3.21. The van der Waals surface area contributed by atoms with E-state index in [1.165, 1.54) is 6.26 Å². The molecule has 6 heteroatoms. The van der Waals surface area contributed by atoms with E-state index in [9.17, 15) is 8.42 Å². The van der Waals surface area contributed by atoms with Crippen molar-refractivity contribution < 1.29 is 8.42 Å². The van der Waals surface area contributed by atoms with Crippen LogP contribution in [0.5, 0.6) is 0 Å². The lowest BCUT2D eigenvalue weighted by molar-refractivity contribution is 0.413. The minimum atomic E-state index is -3.21. The van der Waals surface area contributed by atoms with Crippen molar-refractivity contribution in [2.24, 2.45) is 5.84 Å². The maximum Gasteiger partial charge on any atom is 0.154 e. The number of benzene rings is 1. The largest absolute Gasteiger partial charge is 0.271 e. The Bertz CT molecular complexity index is 497. The molecule has 0 aromatic heterocycles.